The van der Waals surface area contributed by atoms with Crippen molar-refractivity contribution in [2.75, 3.05) is 6.54 Å². The Labute approximate surface area is 115 Å². The third kappa shape index (κ3) is 2.87. The SMILES string of the molecule is CC(C)S(=O)(=O)c1ccccc1C1CCCN1.Cl. The van der Waals surface area contributed by atoms with E-state index in [0.29, 0.717) is 4.90 Å². The number of rotatable bonds is 3. The molecular formula is C13H20ClNO2S. The van der Waals surface area contributed by atoms with Crippen LogP contribution in [0, 0.1) is 0 Å². The normalized spacial score (nSPS) is 19.8. The zero-order chi connectivity index (χ0) is 12.5. The molecule has 5 heteroatoms. The molecule has 1 heterocycles. The van der Waals surface area contributed by atoms with Gasteiger partial charge in [0.1, 0.15) is 0 Å². The van der Waals surface area contributed by atoms with Gasteiger partial charge in [-0.25, -0.2) is 8.42 Å². The largest absolute Gasteiger partial charge is 0.310 e. The number of sulfone groups is 1. The lowest BCUT2D eigenvalue weighted by molar-refractivity contribution is 0.579. The summed E-state index contributed by atoms with van der Waals surface area (Å²) in [7, 11) is -3.18. The zero-order valence-corrected chi connectivity index (χ0v) is 12.4. The molecule has 1 fully saturated rings. The van der Waals surface area contributed by atoms with Gasteiger partial charge in [-0.3, -0.25) is 0 Å². The van der Waals surface area contributed by atoms with Crippen LogP contribution in [-0.4, -0.2) is 20.2 Å². The third-order valence-corrected chi connectivity index (χ3v) is 5.51. The Morgan fingerprint density at radius 1 is 1.28 bits per heavy atom. The molecule has 1 aliphatic rings. The fourth-order valence-corrected chi connectivity index (χ4v) is 3.55. The first-order valence-electron chi connectivity index (χ1n) is 6.09. The Hall–Kier alpha value is -0.580. The summed E-state index contributed by atoms with van der Waals surface area (Å²) in [4.78, 5) is 0.495. The lowest BCUT2D eigenvalue weighted by atomic mass is 10.1. The van der Waals surface area contributed by atoms with Gasteiger partial charge in [0, 0.05) is 6.04 Å². The predicted octanol–water partition coefficient (Wildman–Crippen LogP) is 2.72. The molecule has 1 aliphatic heterocycles. The summed E-state index contributed by atoms with van der Waals surface area (Å²) in [6.45, 7) is 4.43. The average molecular weight is 290 g/mol. The van der Waals surface area contributed by atoms with Crippen molar-refractivity contribution in [2.45, 2.75) is 42.9 Å². The molecule has 2 rings (SSSR count). The summed E-state index contributed by atoms with van der Waals surface area (Å²) >= 11 is 0. The zero-order valence-electron chi connectivity index (χ0n) is 10.7. The van der Waals surface area contributed by atoms with Crippen LogP contribution in [0.4, 0.5) is 0 Å². The van der Waals surface area contributed by atoms with E-state index in [1.807, 2.05) is 12.1 Å². The van der Waals surface area contributed by atoms with E-state index in [4.69, 9.17) is 0 Å². The monoisotopic (exact) mass is 289 g/mol. The second-order valence-corrected chi connectivity index (χ2v) is 7.25. The molecule has 0 aromatic heterocycles. The maximum absolute atomic E-state index is 12.3. The Morgan fingerprint density at radius 3 is 2.50 bits per heavy atom. The Kier molecular flexibility index (Phi) is 5.20. The molecule has 0 amide bonds. The van der Waals surface area contributed by atoms with E-state index in [1.165, 1.54) is 0 Å². The van der Waals surface area contributed by atoms with Crippen LogP contribution in [-0.2, 0) is 9.84 Å². The Bertz CT molecular complexity index is 493. The summed E-state index contributed by atoms with van der Waals surface area (Å²) in [6, 6.07) is 7.56. The molecule has 0 spiro atoms. The average Bonchev–Trinajstić information content (AvgIpc) is 2.82. The van der Waals surface area contributed by atoms with Crippen molar-refractivity contribution in [1.29, 1.82) is 0 Å². The van der Waals surface area contributed by atoms with Gasteiger partial charge in [0.25, 0.3) is 0 Å². The fourth-order valence-electron chi connectivity index (χ4n) is 2.23. The van der Waals surface area contributed by atoms with Gasteiger partial charge >= 0.3 is 0 Å². The molecule has 0 bridgehead atoms. The van der Waals surface area contributed by atoms with E-state index in [-0.39, 0.29) is 23.7 Å². The molecule has 1 aromatic carbocycles. The molecule has 0 radical (unpaired) electrons. The van der Waals surface area contributed by atoms with Gasteiger partial charge in [-0.2, -0.15) is 0 Å². The van der Waals surface area contributed by atoms with Crippen molar-refractivity contribution in [3.8, 4) is 0 Å². The van der Waals surface area contributed by atoms with E-state index < -0.39 is 9.84 Å². The summed E-state index contributed by atoms with van der Waals surface area (Å²) in [6.07, 6.45) is 2.13. The smallest absolute Gasteiger partial charge is 0.181 e. The van der Waals surface area contributed by atoms with Gasteiger partial charge in [-0.05, 0) is 44.9 Å². The summed E-state index contributed by atoms with van der Waals surface area (Å²) in [5.41, 5.74) is 0.929. The maximum atomic E-state index is 12.3. The van der Waals surface area contributed by atoms with Crippen molar-refractivity contribution < 1.29 is 8.42 Å². The molecular weight excluding hydrogens is 270 g/mol. The van der Waals surface area contributed by atoms with Crippen molar-refractivity contribution in [2.24, 2.45) is 0 Å². The number of benzene rings is 1. The van der Waals surface area contributed by atoms with Crippen molar-refractivity contribution in [1.82, 2.24) is 5.32 Å². The maximum Gasteiger partial charge on any atom is 0.181 e. The van der Waals surface area contributed by atoms with Crippen LogP contribution in [0.2, 0.25) is 0 Å². The second kappa shape index (κ2) is 6.04. The van der Waals surface area contributed by atoms with Gasteiger partial charge in [0.15, 0.2) is 9.84 Å². The minimum Gasteiger partial charge on any atom is -0.310 e. The summed E-state index contributed by atoms with van der Waals surface area (Å²) < 4.78 is 24.6. The first-order chi connectivity index (χ1) is 8.03. The fraction of sp³-hybridized carbons (Fsp3) is 0.538. The first-order valence-corrected chi connectivity index (χ1v) is 7.64. The van der Waals surface area contributed by atoms with Gasteiger partial charge in [-0.1, -0.05) is 18.2 Å². The van der Waals surface area contributed by atoms with E-state index in [1.54, 1.807) is 26.0 Å². The topological polar surface area (TPSA) is 46.2 Å². The first kappa shape index (κ1) is 15.5. The van der Waals surface area contributed by atoms with Crippen molar-refractivity contribution >= 4 is 22.2 Å². The van der Waals surface area contributed by atoms with Crippen LogP contribution < -0.4 is 5.32 Å². The standard InChI is InChI=1S/C13H19NO2S.ClH/c1-10(2)17(15,16)13-8-4-3-6-11(13)12-7-5-9-14-12;/h3-4,6,8,10,12,14H,5,7,9H2,1-2H3;1H. The number of nitrogens with one attached hydrogen (secondary N) is 1. The molecule has 1 atom stereocenters. The summed E-state index contributed by atoms with van der Waals surface area (Å²) in [5, 5.41) is 2.99. The summed E-state index contributed by atoms with van der Waals surface area (Å²) in [5.74, 6) is 0. The van der Waals surface area contributed by atoms with Crippen LogP contribution in [0.1, 0.15) is 38.3 Å². The molecule has 1 aromatic rings. The van der Waals surface area contributed by atoms with Gasteiger partial charge in [0.05, 0.1) is 10.1 Å². The molecule has 1 saturated heterocycles. The van der Waals surface area contributed by atoms with E-state index >= 15 is 0 Å². The molecule has 3 nitrogen and oxygen atoms in total. The van der Waals surface area contributed by atoms with Gasteiger partial charge < -0.3 is 5.32 Å². The van der Waals surface area contributed by atoms with Crippen LogP contribution in [0.15, 0.2) is 29.2 Å². The minimum absolute atomic E-state index is 0. The van der Waals surface area contributed by atoms with E-state index in [0.717, 1.165) is 24.9 Å². The van der Waals surface area contributed by atoms with Crippen LogP contribution in [0.3, 0.4) is 0 Å². The Balaban J connectivity index is 0.00000162. The van der Waals surface area contributed by atoms with Crippen molar-refractivity contribution in [3.63, 3.8) is 0 Å². The molecule has 0 saturated carbocycles. The van der Waals surface area contributed by atoms with Crippen LogP contribution >= 0.6 is 12.4 Å². The molecule has 18 heavy (non-hydrogen) atoms. The van der Waals surface area contributed by atoms with E-state index in [9.17, 15) is 8.42 Å². The van der Waals surface area contributed by atoms with Gasteiger partial charge in [0.2, 0.25) is 0 Å². The highest BCUT2D eigenvalue weighted by atomic mass is 35.5. The quantitative estimate of drug-likeness (QED) is 0.931. The second-order valence-electron chi connectivity index (χ2n) is 4.78. The Morgan fingerprint density at radius 2 is 1.94 bits per heavy atom. The van der Waals surface area contributed by atoms with Crippen LogP contribution in [0.5, 0.6) is 0 Å². The lowest BCUT2D eigenvalue weighted by Crippen LogP contribution is -2.20. The van der Waals surface area contributed by atoms with Crippen LogP contribution in [0.25, 0.3) is 0 Å². The predicted molar refractivity (Wildman–Crippen MR) is 76.0 cm³/mol. The molecule has 1 unspecified atom stereocenters. The van der Waals surface area contributed by atoms with E-state index in [2.05, 4.69) is 5.32 Å². The number of halogens is 1. The van der Waals surface area contributed by atoms with Crippen molar-refractivity contribution in [3.05, 3.63) is 29.8 Å². The highest BCUT2D eigenvalue weighted by Crippen LogP contribution is 2.30. The highest BCUT2D eigenvalue weighted by molar-refractivity contribution is 7.92. The van der Waals surface area contributed by atoms with Gasteiger partial charge in [-0.15, -0.1) is 12.4 Å². The number of hydrogen-bond donors (Lipinski definition) is 1. The molecule has 1 N–H and O–H groups in total. The minimum atomic E-state index is -3.18. The third-order valence-electron chi connectivity index (χ3n) is 3.28. The molecule has 102 valence electrons. The number of hydrogen-bond acceptors (Lipinski definition) is 3. The highest BCUT2D eigenvalue weighted by Gasteiger charge is 2.27. The molecule has 0 aliphatic carbocycles. The lowest BCUT2D eigenvalue weighted by Gasteiger charge is -2.17.